The first kappa shape index (κ1) is 13.0. The fourth-order valence-corrected chi connectivity index (χ4v) is 1.90. The molecule has 1 atom stereocenters. The Kier molecular flexibility index (Phi) is 5.87. The quantitative estimate of drug-likeness (QED) is 0.678. The van der Waals surface area contributed by atoms with E-state index < -0.39 is 0 Å². The Hall–Kier alpha value is -1.08. The molecule has 1 aromatic carbocycles. The molecule has 0 aliphatic heterocycles. The third-order valence-electron chi connectivity index (χ3n) is 3.07. The van der Waals surface area contributed by atoms with E-state index in [2.05, 4.69) is 49.2 Å². The maximum Gasteiger partial charge on any atom is 0.0317 e. The second-order valence-electron chi connectivity index (χ2n) is 4.25. The van der Waals surface area contributed by atoms with Crippen LogP contribution in [0, 0.1) is 0 Å². The zero-order valence-corrected chi connectivity index (χ0v) is 10.5. The van der Waals surface area contributed by atoms with Crippen LogP contribution in [0.15, 0.2) is 42.5 Å². The van der Waals surface area contributed by atoms with Gasteiger partial charge in [-0.15, -0.1) is 0 Å². The van der Waals surface area contributed by atoms with Gasteiger partial charge in [0.15, 0.2) is 0 Å². The highest BCUT2D eigenvalue weighted by atomic mass is 14.9. The lowest BCUT2D eigenvalue weighted by molar-refractivity contribution is 0.525. The van der Waals surface area contributed by atoms with Crippen LogP contribution in [0.5, 0.6) is 0 Å². The summed E-state index contributed by atoms with van der Waals surface area (Å²) in [7, 11) is 2.03. The number of hydrogen-bond acceptors (Lipinski definition) is 1. The van der Waals surface area contributed by atoms with Crippen molar-refractivity contribution in [2.24, 2.45) is 0 Å². The van der Waals surface area contributed by atoms with Crippen LogP contribution in [0.4, 0.5) is 0 Å². The summed E-state index contributed by atoms with van der Waals surface area (Å²) in [5.41, 5.74) is 2.75. The van der Waals surface area contributed by atoms with Gasteiger partial charge in [0.1, 0.15) is 0 Å². The minimum Gasteiger partial charge on any atom is -0.313 e. The van der Waals surface area contributed by atoms with Crippen molar-refractivity contribution < 1.29 is 0 Å². The lowest BCUT2D eigenvalue weighted by atomic mass is 9.99. The summed E-state index contributed by atoms with van der Waals surface area (Å²) >= 11 is 0. The van der Waals surface area contributed by atoms with Gasteiger partial charge in [0.05, 0.1) is 0 Å². The summed E-state index contributed by atoms with van der Waals surface area (Å²) in [5, 5.41) is 3.38. The van der Waals surface area contributed by atoms with Crippen molar-refractivity contribution in [3.8, 4) is 0 Å². The van der Waals surface area contributed by atoms with E-state index in [0.29, 0.717) is 6.04 Å². The van der Waals surface area contributed by atoms with E-state index in [1.165, 1.54) is 24.0 Å². The van der Waals surface area contributed by atoms with E-state index in [-0.39, 0.29) is 0 Å². The van der Waals surface area contributed by atoms with Crippen molar-refractivity contribution in [3.63, 3.8) is 0 Å². The number of allylic oxidation sites excluding steroid dienone is 1. The zero-order chi connectivity index (χ0) is 11.8. The molecule has 1 aromatic rings. The molecule has 1 unspecified atom stereocenters. The lowest BCUT2D eigenvalue weighted by Gasteiger charge is -2.16. The SMILES string of the molecule is C=C(CC)CCCC(NC)c1ccccc1. The second-order valence-corrected chi connectivity index (χ2v) is 4.25. The molecule has 0 aliphatic rings. The Bertz CT molecular complexity index is 302. The van der Waals surface area contributed by atoms with Gasteiger partial charge in [0, 0.05) is 6.04 Å². The summed E-state index contributed by atoms with van der Waals surface area (Å²) in [5.74, 6) is 0. The maximum atomic E-state index is 4.05. The van der Waals surface area contributed by atoms with Crippen molar-refractivity contribution in [1.82, 2.24) is 5.32 Å². The van der Waals surface area contributed by atoms with Crippen molar-refractivity contribution in [2.75, 3.05) is 7.05 Å². The molecule has 0 saturated heterocycles. The molecule has 0 radical (unpaired) electrons. The predicted octanol–water partition coefficient (Wildman–Crippen LogP) is 4.08. The number of rotatable bonds is 7. The van der Waals surface area contributed by atoms with E-state index in [1.807, 2.05) is 7.05 Å². The molecular formula is C15H23N. The molecular weight excluding hydrogens is 194 g/mol. The predicted molar refractivity (Wildman–Crippen MR) is 71.5 cm³/mol. The largest absolute Gasteiger partial charge is 0.313 e. The molecule has 0 amide bonds. The van der Waals surface area contributed by atoms with E-state index in [4.69, 9.17) is 0 Å². The molecule has 0 aromatic heterocycles. The Balaban J connectivity index is 2.41. The van der Waals surface area contributed by atoms with E-state index in [9.17, 15) is 0 Å². The van der Waals surface area contributed by atoms with Gasteiger partial charge in [-0.1, -0.05) is 49.4 Å². The number of hydrogen-bond donors (Lipinski definition) is 1. The molecule has 1 N–H and O–H groups in total. The average Bonchev–Trinajstić information content (AvgIpc) is 2.35. The van der Waals surface area contributed by atoms with Gasteiger partial charge in [-0.25, -0.2) is 0 Å². The fourth-order valence-electron chi connectivity index (χ4n) is 1.90. The normalized spacial score (nSPS) is 12.4. The second kappa shape index (κ2) is 7.24. The highest BCUT2D eigenvalue weighted by Gasteiger charge is 2.07. The van der Waals surface area contributed by atoms with Crippen molar-refractivity contribution in [2.45, 2.75) is 38.6 Å². The third kappa shape index (κ3) is 4.19. The Morgan fingerprint density at radius 3 is 2.56 bits per heavy atom. The maximum absolute atomic E-state index is 4.05. The van der Waals surface area contributed by atoms with Crippen LogP contribution in [0.2, 0.25) is 0 Å². The summed E-state index contributed by atoms with van der Waals surface area (Å²) in [4.78, 5) is 0. The topological polar surface area (TPSA) is 12.0 Å². The lowest BCUT2D eigenvalue weighted by Crippen LogP contribution is -2.16. The highest BCUT2D eigenvalue weighted by Crippen LogP contribution is 2.20. The fraction of sp³-hybridized carbons (Fsp3) is 0.467. The molecule has 16 heavy (non-hydrogen) atoms. The van der Waals surface area contributed by atoms with Crippen molar-refractivity contribution >= 4 is 0 Å². The van der Waals surface area contributed by atoms with Gasteiger partial charge >= 0.3 is 0 Å². The van der Waals surface area contributed by atoms with Crippen LogP contribution in [0.1, 0.15) is 44.2 Å². The first-order valence-corrected chi connectivity index (χ1v) is 6.16. The molecule has 0 spiro atoms. The zero-order valence-electron chi connectivity index (χ0n) is 10.5. The van der Waals surface area contributed by atoms with E-state index >= 15 is 0 Å². The minimum atomic E-state index is 0.478. The standard InChI is InChI=1S/C15H23N/c1-4-13(2)9-8-12-15(16-3)14-10-6-5-7-11-14/h5-7,10-11,15-16H,2,4,8-9,12H2,1,3H3. The average molecular weight is 217 g/mol. The molecule has 88 valence electrons. The minimum absolute atomic E-state index is 0.478. The molecule has 0 aliphatic carbocycles. The molecule has 1 heteroatoms. The summed E-state index contributed by atoms with van der Waals surface area (Å²) in [6, 6.07) is 11.1. The molecule has 1 nitrogen and oxygen atoms in total. The van der Waals surface area contributed by atoms with Crippen molar-refractivity contribution in [3.05, 3.63) is 48.0 Å². The van der Waals surface area contributed by atoms with Crippen LogP contribution < -0.4 is 5.32 Å². The Morgan fingerprint density at radius 2 is 2.00 bits per heavy atom. The van der Waals surface area contributed by atoms with Crippen LogP contribution in [0.25, 0.3) is 0 Å². The monoisotopic (exact) mass is 217 g/mol. The highest BCUT2D eigenvalue weighted by molar-refractivity contribution is 5.18. The summed E-state index contributed by atoms with van der Waals surface area (Å²) in [6.45, 7) is 6.22. The molecule has 0 bridgehead atoms. The Morgan fingerprint density at radius 1 is 1.31 bits per heavy atom. The van der Waals surface area contributed by atoms with Gasteiger partial charge in [0.25, 0.3) is 0 Å². The smallest absolute Gasteiger partial charge is 0.0317 e. The van der Waals surface area contributed by atoms with Gasteiger partial charge in [-0.05, 0) is 38.3 Å². The summed E-state index contributed by atoms with van der Waals surface area (Å²) < 4.78 is 0. The number of nitrogens with one attached hydrogen (secondary N) is 1. The molecule has 0 saturated carbocycles. The first-order valence-electron chi connectivity index (χ1n) is 6.16. The van der Waals surface area contributed by atoms with Crippen molar-refractivity contribution in [1.29, 1.82) is 0 Å². The Labute approximate surface area is 99.6 Å². The summed E-state index contributed by atoms with van der Waals surface area (Å²) in [6.07, 6.45) is 4.66. The van der Waals surface area contributed by atoms with Crippen LogP contribution in [-0.2, 0) is 0 Å². The van der Waals surface area contributed by atoms with Crippen LogP contribution in [-0.4, -0.2) is 7.05 Å². The molecule has 1 rings (SSSR count). The van der Waals surface area contributed by atoms with E-state index in [1.54, 1.807) is 0 Å². The van der Waals surface area contributed by atoms with E-state index in [0.717, 1.165) is 12.8 Å². The number of benzene rings is 1. The van der Waals surface area contributed by atoms with Gasteiger partial charge < -0.3 is 5.32 Å². The van der Waals surface area contributed by atoms with Crippen LogP contribution in [0.3, 0.4) is 0 Å². The van der Waals surface area contributed by atoms with Crippen LogP contribution >= 0.6 is 0 Å². The van der Waals surface area contributed by atoms with Gasteiger partial charge in [-0.2, -0.15) is 0 Å². The first-order chi connectivity index (χ1) is 7.77. The van der Waals surface area contributed by atoms with Gasteiger partial charge in [0.2, 0.25) is 0 Å². The molecule has 0 fully saturated rings. The molecule has 0 heterocycles. The van der Waals surface area contributed by atoms with Gasteiger partial charge in [-0.3, -0.25) is 0 Å². The third-order valence-corrected chi connectivity index (χ3v) is 3.07.